The van der Waals surface area contributed by atoms with Crippen LogP contribution >= 0.6 is 0 Å². The van der Waals surface area contributed by atoms with Crippen molar-refractivity contribution >= 4 is 17.5 Å². The largest absolute Gasteiger partial charge is 0.497 e. The number of rotatable bonds is 6. The molecular formula is C18H20N2O4. The molecule has 0 atom stereocenters. The van der Waals surface area contributed by atoms with Crippen LogP contribution in [-0.4, -0.2) is 33.1 Å². The van der Waals surface area contributed by atoms with Crippen LogP contribution in [0, 0.1) is 0 Å². The van der Waals surface area contributed by atoms with Crippen molar-refractivity contribution in [3.8, 4) is 11.5 Å². The van der Waals surface area contributed by atoms with Crippen LogP contribution in [0.4, 0.5) is 5.69 Å². The van der Waals surface area contributed by atoms with E-state index in [9.17, 15) is 9.59 Å². The van der Waals surface area contributed by atoms with Gasteiger partial charge in [-0.2, -0.15) is 0 Å². The molecule has 0 aliphatic carbocycles. The van der Waals surface area contributed by atoms with Crippen LogP contribution in [0.3, 0.4) is 0 Å². The summed E-state index contributed by atoms with van der Waals surface area (Å²) in [5.41, 5.74) is 1.85. The molecule has 0 bridgehead atoms. The van der Waals surface area contributed by atoms with Gasteiger partial charge in [0.2, 0.25) is 5.91 Å². The van der Waals surface area contributed by atoms with Crippen molar-refractivity contribution in [1.82, 2.24) is 5.32 Å². The number of carbonyl (C=O) groups excluding carboxylic acids is 2. The molecular weight excluding hydrogens is 308 g/mol. The number of amides is 2. The van der Waals surface area contributed by atoms with E-state index in [1.54, 1.807) is 44.5 Å². The van der Waals surface area contributed by atoms with Crippen LogP contribution in [0.1, 0.15) is 15.9 Å². The fourth-order valence-electron chi connectivity index (χ4n) is 2.20. The lowest BCUT2D eigenvalue weighted by Crippen LogP contribution is -2.18. The number of methoxy groups -OCH3 is 2. The van der Waals surface area contributed by atoms with E-state index in [0.717, 1.165) is 11.3 Å². The Morgan fingerprint density at radius 2 is 1.71 bits per heavy atom. The van der Waals surface area contributed by atoms with Crippen molar-refractivity contribution in [2.75, 3.05) is 26.6 Å². The Balaban J connectivity index is 2.08. The first-order valence-electron chi connectivity index (χ1n) is 7.40. The van der Waals surface area contributed by atoms with Gasteiger partial charge in [0, 0.05) is 12.6 Å². The van der Waals surface area contributed by atoms with Gasteiger partial charge in [0.25, 0.3) is 5.91 Å². The number of carbonyl (C=O) groups is 2. The van der Waals surface area contributed by atoms with Gasteiger partial charge in [0.1, 0.15) is 11.5 Å². The minimum Gasteiger partial charge on any atom is -0.497 e. The lowest BCUT2D eigenvalue weighted by Gasteiger charge is -2.12. The minimum atomic E-state index is -0.218. The summed E-state index contributed by atoms with van der Waals surface area (Å²) in [7, 11) is 4.64. The Morgan fingerprint density at radius 3 is 2.29 bits per heavy atom. The van der Waals surface area contributed by atoms with Gasteiger partial charge in [-0.1, -0.05) is 12.1 Å². The van der Waals surface area contributed by atoms with Crippen LogP contribution in [0.15, 0.2) is 42.5 Å². The second-order valence-corrected chi connectivity index (χ2v) is 5.07. The van der Waals surface area contributed by atoms with Crippen LogP contribution in [0.25, 0.3) is 0 Å². The number of anilines is 1. The van der Waals surface area contributed by atoms with Gasteiger partial charge >= 0.3 is 0 Å². The number of hydrogen-bond donors (Lipinski definition) is 2. The molecule has 0 spiro atoms. The molecule has 2 N–H and O–H groups in total. The maximum absolute atomic E-state index is 12.2. The second-order valence-electron chi connectivity index (χ2n) is 5.07. The molecule has 0 saturated carbocycles. The average Bonchev–Trinajstić information content (AvgIpc) is 2.61. The van der Waals surface area contributed by atoms with Crippen molar-refractivity contribution in [3.05, 3.63) is 53.6 Å². The van der Waals surface area contributed by atoms with Gasteiger partial charge in [-0.25, -0.2) is 0 Å². The molecule has 0 aromatic heterocycles. The fourth-order valence-corrected chi connectivity index (χ4v) is 2.20. The van der Waals surface area contributed by atoms with Gasteiger partial charge in [-0.15, -0.1) is 0 Å². The molecule has 2 aromatic rings. The maximum Gasteiger partial charge on any atom is 0.251 e. The van der Waals surface area contributed by atoms with E-state index >= 15 is 0 Å². The molecule has 0 aliphatic heterocycles. The van der Waals surface area contributed by atoms with Gasteiger partial charge < -0.3 is 20.1 Å². The van der Waals surface area contributed by atoms with E-state index in [4.69, 9.17) is 9.47 Å². The molecule has 6 heteroatoms. The third kappa shape index (κ3) is 4.25. The van der Waals surface area contributed by atoms with Crippen LogP contribution in [0.2, 0.25) is 0 Å². The van der Waals surface area contributed by atoms with E-state index in [1.807, 2.05) is 12.1 Å². The molecule has 2 aromatic carbocycles. The molecule has 24 heavy (non-hydrogen) atoms. The summed E-state index contributed by atoms with van der Waals surface area (Å²) in [6, 6.07) is 12.2. The first-order chi connectivity index (χ1) is 11.6. The number of nitrogens with one attached hydrogen (secondary N) is 2. The molecule has 0 unspecified atom stereocenters. The predicted molar refractivity (Wildman–Crippen MR) is 91.7 cm³/mol. The number of hydrogen-bond acceptors (Lipinski definition) is 4. The highest BCUT2D eigenvalue weighted by Crippen LogP contribution is 2.26. The first-order valence-corrected chi connectivity index (χ1v) is 7.40. The Morgan fingerprint density at radius 1 is 1.00 bits per heavy atom. The molecule has 0 fully saturated rings. The summed E-state index contributed by atoms with van der Waals surface area (Å²) < 4.78 is 10.3. The van der Waals surface area contributed by atoms with Crippen LogP contribution < -0.4 is 20.1 Å². The Bertz CT molecular complexity index is 726. The summed E-state index contributed by atoms with van der Waals surface area (Å²) in [4.78, 5) is 23.8. The third-order valence-electron chi connectivity index (χ3n) is 3.49. The van der Waals surface area contributed by atoms with E-state index in [2.05, 4.69) is 10.6 Å². The van der Waals surface area contributed by atoms with Crippen LogP contribution in [0.5, 0.6) is 11.5 Å². The van der Waals surface area contributed by atoms with Crippen molar-refractivity contribution in [1.29, 1.82) is 0 Å². The van der Waals surface area contributed by atoms with Gasteiger partial charge in [-0.3, -0.25) is 9.59 Å². The Hall–Kier alpha value is -3.02. The molecule has 2 amide bonds. The topological polar surface area (TPSA) is 76.7 Å². The normalized spacial score (nSPS) is 9.96. The maximum atomic E-state index is 12.2. The van der Waals surface area contributed by atoms with Crippen molar-refractivity contribution < 1.29 is 19.1 Å². The zero-order chi connectivity index (χ0) is 17.5. The summed E-state index contributed by atoms with van der Waals surface area (Å²) in [6.45, 7) is 0. The van der Waals surface area contributed by atoms with Gasteiger partial charge in [-0.05, 0) is 35.9 Å². The van der Waals surface area contributed by atoms with E-state index < -0.39 is 0 Å². The zero-order valence-corrected chi connectivity index (χ0v) is 13.9. The van der Waals surface area contributed by atoms with E-state index in [1.165, 1.54) is 7.11 Å². The Kier molecular flexibility index (Phi) is 5.78. The summed E-state index contributed by atoms with van der Waals surface area (Å²) in [5.74, 6) is 0.778. The highest BCUT2D eigenvalue weighted by atomic mass is 16.5. The lowest BCUT2D eigenvalue weighted by molar-refractivity contribution is -0.115. The molecule has 0 radical (unpaired) electrons. The standard InChI is InChI=1S/C18H20N2O4/c1-19-18(22)13-6-9-15(16(11-13)24-3)20-17(21)10-12-4-7-14(23-2)8-5-12/h4-9,11H,10H2,1-3H3,(H,19,22)(H,20,21). The monoisotopic (exact) mass is 328 g/mol. The third-order valence-corrected chi connectivity index (χ3v) is 3.49. The molecule has 0 aliphatic rings. The lowest BCUT2D eigenvalue weighted by atomic mass is 10.1. The van der Waals surface area contributed by atoms with Gasteiger partial charge in [0.15, 0.2) is 0 Å². The van der Waals surface area contributed by atoms with Crippen LogP contribution in [-0.2, 0) is 11.2 Å². The molecule has 2 rings (SSSR count). The first kappa shape index (κ1) is 17.3. The quantitative estimate of drug-likeness (QED) is 0.853. The average molecular weight is 328 g/mol. The van der Waals surface area contributed by atoms with Crippen molar-refractivity contribution in [2.24, 2.45) is 0 Å². The highest BCUT2D eigenvalue weighted by Gasteiger charge is 2.12. The molecule has 0 heterocycles. The fraction of sp³-hybridized carbons (Fsp3) is 0.222. The summed E-state index contributed by atoms with van der Waals surface area (Å²) >= 11 is 0. The Labute approximate surface area is 140 Å². The minimum absolute atomic E-state index is 0.175. The number of ether oxygens (including phenoxy) is 2. The zero-order valence-electron chi connectivity index (χ0n) is 13.9. The predicted octanol–water partition coefficient (Wildman–Crippen LogP) is 2.24. The smallest absolute Gasteiger partial charge is 0.251 e. The second kappa shape index (κ2) is 8.01. The van der Waals surface area contributed by atoms with E-state index in [0.29, 0.717) is 17.0 Å². The molecule has 126 valence electrons. The van der Waals surface area contributed by atoms with Crippen molar-refractivity contribution in [3.63, 3.8) is 0 Å². The molecule has 0 saturated heterocycles. The van der Waals surface area contributed by atoms with Crippen molar-refractivity contribution in [2.45, 2.75) is 6.42 Å². The summed E-state index contributed by atoms with van der Waals surface area (Å²) in [6.07, 6.45) is 0.227. The molecule has 6 nitrogen and oxygen atoms in total. The SMILES string of the molecule is CNC(=O)c1ccc(NC(=O)Cc2ccc(OC)cc2)c(OC)c1. The highest BCUT2D eigenvalue weighted by molar-refractivity contribution is 5.97. The van der Waals surface area contributed by atoms with Gasteiger partial charge in [0.05, 0.1) is 26.3 Å². The number of benzene rings is 2. The van der Waals surface area contributed by atoms with E-state index in [-0.39, 0.29) is 18.2 Å². The summed E-state index contributed by atoms with van der Waals surface area (Å²) in [5, 5.41) is 5.34.